The second kappa shape index (κ2) is 7.12. The smallest absolute Gasteiger partial charge is 0.298 e. The van der Waals surface area contributed by atoms with Crippen LogP contribution in [0.25, 0.3) is 21.9 Å². The Kier molecular flexibility index (Phi) is 4.64. The summed E-state index contributed by atoms with van der Waals surface area (Å²) in [4.78, 5) is 20.7. The molecule has 4 aromatic rings. The van der Waals surface area contributed by atoms with Crippen LogP contribution in [-0.4, -0.2) is 35.1 Å². The van der Waals surface area contributed by atoms with Gasteiger partial charge in [0.2, 0.25) is 0 Å². The van der Waals surface area contributed by atoms with Gasteiger partial charge in [-0.05, 0) is 48.9 Å². The van der Waals surface area contributed by atoms with Gasteiger partial charge < -0.3 is 14.5 Å². The summed E-state index contributed by atoms with van der Waals surface area (Å²) in [6.07, 6.45) is 1.59. The molecule has 0 fully saturated rings. The number of nitrogens with zero attached hydrogens (tertiary/aromatic N) is 3. The summed E-state index contributed by atoms with van der Waals surface area (Å²) in [6, 6.07) is 11.2. The molecular weight excluding hydrogens is 424 g/mol. The Morgan fingerprint density at radius 1 is 1.14 bits per heavy atom. The molecule has 0 unspecified atom stereocenters. The lowest BCUT2D eigenvalue weighted by molar-refractivity contribution is 0.355. The van der Waals surface area contributed by atoms with Gasteiger partial charge in [0.05, 0.1) is 20.4 Å². The van der Waals surface area contributed by atoms with Crippen LogP contribution in [0.15, 0.2) is 50.8 Å². The first-order chi connectivity index (χ1) is 13.5. The topological polar surface area (TPSA) is 81.5 Å². The Labute approximate surface area is 168 Å². The number of rotatable bonds is 4. The van der Waals surface area contributed by atoms with Gasteiger partial charge in [0.1, 0.15) is 16.9 Å². The highest BCUT2D eigenvalue weighted by Gasteiger charge is 2.13. The third-order valence-corrected chi connectivity index (χ3v) is 4.94. The highest BCUT2D eigenvalue weighted by Crippen LogP contribution is 2.27. The number of H-pyrrole nitrogens is 1. The van der Waals surface area contributed by atoms with Crippen molar-refractivity contribution in [2.75, 3.05) is 14.2 Å². The van der Waals surface area contributed by atoms with Crippen molar-refractivity contribution >= 4 is 44.1 Å². The van der Waals surface area contributed by atoms with Crippen LogP contribution in [0.1, 0.15) is 11.4 Å². The van der Waals surface area contributed by atoms with Gasteiger partial charge >= 0.3 is 0 Å². The van der Waals surface area contributed by atoms with Gasteiger partial charge in [-0.1, -0.05) is 15.9 Å². The number of ether oxygens (including phenoxy) is 2. The third kappa shape index (κ3) is 3.05. The monoisotopic (exact) mass is 440 g/mol. The molecule has 0 aliphatic heterocycles. The molecule has 2 aromatic carbocycles. The molecule has 2 heterocycles. The van der Waals surface area contributed by atoms with Crippen LogP contribution >= 0.6 is 15.9 Å². The Morgan fingerprint density at radius 2 is 1.93 bits per heavy atom. The highest BCUT2D eigenvalue weighted by molar-refractivity contribution is 9.10. The second-order valence-corrected chi connectivity index (χ2v) is 7.09. The van der Waals surface area contributed by atoms with Crippen molar-refractivity contribution in [3.8, 4) is 11.5 Å². The largest absolute Gasteiger partial charge is 0.493 e. The molecule has 0 radical (unpaired) electrons. The number of halogens is 1. The molecule has 4 rings (SSSR count). The van der Waals surface area contributed by atoms with E-state index in [9.17, 15) is 4.79 Å². The lowest BCUT2D eigenvalue weighted by atomic mass is 10.2. The normalized spacial score (nSPS) is 11.6. The zero-order chi connectivity index (χ0) is 19.8. The van der Waals surface area contributed by atoms with Gasteiger partial charge in [0.15, 0.2) is 11.5 Å². The summed E-state index contributed by atoms with van der Waals surface area (Å²) < 4.78 is 12.7. The zero-order valence-electron chi connectivity index (χ0n) is 15.5. The number of methoxy groups -OCH3 is 2. The fraction of sp³-hybridized carbons (Fsp3) is 0.150. The number of aryl methyl sites for hydroxylation is 1. The Bertz CT molecular complexity index is 1290. The van der Waals surface area contributed by atoms with Crippen LogP contribution in [0, 0.1) is 6.92 Å². The summed E-state index contributed by atoms with van der Waals surface area (Å²) in [7, 11) is 3.15. The number of aromatic nitrogens is 3. The number of hydrogen-bond donors (Lipinski definition) is 1. The second-order valence-electron chi connectivity index (χ2n) is 6.17. The predicted molar refractivity (Wildman–Crippen MR) is 113 cm³/mol. The van der Waals surface area contributed by atoms with E-state index in [2.05, 4.69) is 31.0 Å². The molecule has 0 amide bonds. The lowest BCUT2D eigenvalue weighted by Crippen LogP contribution is -2.20. The van der Waals surface area contributed by atoms with E-state index in [1.165, 1.54) is 4.68 Å². The molecule has 28 heavy (non-hydrogen) atoms. The van der Waals surface area contributed by atoms with Crippen molar-refractivity contribution in [1.29, 1.82) is 0 Å². The highest BCUT2D eigenvalue weighted by atomic mass is 79.9. The average Bonchev–Trinajstić information content (AvgIpc) is 3.05. The van der Waals surface area contributed by atoms with Gasteiger partial charge in [-0.25, -0.2) is 4.98 Å². The summed E-state index contributed by atoms with van der Waals surface area (Å²) in [5, 5.41) is 5.22. The lowest BCUT2D eigenvalue weighted by Gasteiger charge is -2.07. The molecule has 2 aromatic heterocycles. The van der Waals surface area contributed by atoms with E-state index in [0.29, 0.717) is 28.4 Å². The third-order valence-electron chi connectivity index (χ3n) is 4.45. The van der Waals surface area contributed by atoms with E-state index >= 15 is 0 Å². The quantitative estimate of drug-likeness (QED) is 0.488. The van der Waals surface area contributed by atoms with Crippen LogP contribution in [0.3, 0.4) is 0 Å². The molecule has 0 saturated carbocycles. The minimum absolute atomic E-state index is 0.258. The first-order valence-corrected chi connectivity index (χ1v) is 9.28. The maximum Gasteiger partial charge on any atom is 0.298 e. The van der Waals surface area contributed by atoms with Gasteiger partial charge in [-0.3, -0.25) is 4.79 Å². The van der Waals surface area contributed by atoms with Crippen LogP contribution in [0.4, 0.5) is 0 Å². The molecule has 0 spiro atoms. The molecule has 0 saturated heterocycles. The summed E-state index contributed by atoms with van der Waals surface area (Å²) in [6.45, 7) is 1.75. The van der Waals surface area contributed by atoms with Crippen LogP contribution in [0.5, 0.6) is 11.5 Å². The summed E-state index contributed by atoms with van der Waals surface area (Å²) in [5.41, 5.74) is 2.42. The number of nitrogens with one attached hydrogen (secondary N) is 1. The molecular formula is C20H17BrN4O3. The number of fused-ring (bicyclic) bond motifs is 3. The molecule has 0 atom stereocenters. The molecule has 0 aliphatic rings. The molecule has 1 N–H and O–H groups in total. The minimum atomic E-state index is -0.258. The van der Waals surface area contributed by atoms with Crippen LogP contribution in [0.2, 0.25) is 0 Å². The van der Waals surface area contributed by atoms with E-state index in [1.807, 2.05) is 24.3 Å². The predicted octanol–water partition coefficient (Wildman–Crippen LogP) is 3.85. The van der Waals surface area contributed by atoms with Gasteiger partial charge in [0, 0.05) is 15.4 Å². The SMILES string of the molecule is COc1ccc(/C=N\n2c(C)nc3c([nH]c4ccc(Br)cc43)c2=O)cc1OC. The Hall–Kier alpha value is -3.13. The summed E-state index contributed by atoms with van der Waals surface area (Å²) >= 11 is 3.46. The van der Waals surface area contributed by atoms with Crippen molar-refractivity contribution < 1.29 is 9.47 Å². The number of hydrogen-bond acceptors (Lipinski definition) is 5. The maximum atomic E-state index is 13.0. The maximum absolute atomic E-state index is 13.0. The number of benzene rings is 2. The van der Waals surface area contributed by atoms with E-state index in [1.54, 1.807) is 39.5 Å². The van der Waals surface area contributed by atoms with Crippen molar-refractivity contribution in [3.05, 3.63) is 62.6 Å². The van der Waals surface area contributed by atoms with E-state index in [4.69, 9.17) is 9.47 Å². The standard InChI is InChI=1S/C20H17BrN4O3/c1-11-23-18-14-9-13(21)5-6-15(14)24-19(18)20(26)25(11)22-10-12-4-7-16(27-2)17(8-12)28-3/h4-10,24H,1-3H3/b22-10-. The molecule has 142 valence electrons. The van der Waals surface area contributed by atoms with Gasteiger partial charge in [-0.2, -0.15) is 9.78 Å². The fourth-order valence-electron chi connectivity index (χ4n) is 3.08. The first-order valence-electron chi connectivity index (χ1n) is 8.49. The Balaban J connectivity index is 1.82. The molecule has 8 heteroatoms. The van der Waals surface area contributed by atoms with Crippen molar-refractivity contribution in [2.45, 2.75) is 6.92 Å². The summed E-state index contributed by atoms with van der Waals surface area (Å²) in [5.74, 6) is 1.71. The van der Waals surface area contributed by atoms with Crippen molar-refractivity contribution in [3.63, 3.8) is 0 Å². The van der Waals surface area contributed by atoms with E-state index in [-0.39, 0.29) is 5.56 Å². The van der Waals surface area contributed by atoms with E-state index in [0.717, 1.165) is 20.9 Å². The Morgan fingerprint density at radius 3 is 2.68 bits per heavy atom. The zero-order valence-corrected chi connectivity index (χ0v) is 17.1. The number of aromatic amines is 1. The van der Waals surface area contributed by atoms with Crippen LogP contribution in [-0.2, 0) is 0 Å². The fourth-order valence-corrected chi connectivity index (χ4v) is 3.44. The van der Waals surface area contributed by atoms with Gasteiger partial charge in [-0.15, -0.1) is 0 Å². The van der Waals surface area contributed by atoms with E-state index < -0.39 is 0 Å². The average molecular weight is 441 g/mol. The molecule has 7 nitrogen and oxygen atoms in total. The molecule has 0 aliphatic carbocycles. The molecule has 0 bridgehead atoms. The first kappa shape index (κ1) is 18.2. The minimum Gasteiger partial charge on any atom is -0.493 e. The van der Waals surface area contributed by atoms with Crippen molar-refractivity contribution in [2.24, 2.45) is 5.10 Å². The van der Waals surface area contributed by atoms with Crippen LogP contribution < -0.4 is 15.0 Å². The van der Waals surface area contributed by atoms with Gasteiger partial charge in [0.25, 0.3) is 5.56 Å². The van der Waals surface area contributed by atoms with Crippen molar-refractivity contribution in [1.82, 2.24) is 14.6 Å².